The molecular formula is C15H26N2O. The highest BCUT2D eigenvalue weighted by Gasteiger charge is 2.26. The Bertz CT molecular complexity index is 397. The van der Waals surface area contributed by atoms with Crippen molar-refractivity contribution in [3.8, 4) is 0 Å². The number of aromatic nitrogens is 1. The Morgan fingerprint density at radius 1 is 1.39 bits per heavy atom. The largest absolute Gasteiger partial charge is 0.396 e. The maximum absolute atomic E-state index is 9.33. The highest BCUT2D eigenvalue weighted by Crippen LogP contribution is 2.25. The third kappa shape index (κ3) is 2.62. The van der Waals surface area contributed by atoms with Crippen molar-refractivity contribution in [2.75, 3.05) is 6.61 Å². The van der Waals surface area contributed by atoms with Crippen molar-refractivity contribution in [3.63, 3.8) is 0 Å². The first-order chi connectivity index (χ1) is 8.67. The van der Waals surface area contributed by atoms with Crippen LogP contribution < -0.4 is 5.32 Å². The van der Waals surface area contributed by atoms with Crippen molar-refractivity contribution in [1.29, 1.82) is 0 Å². The molecule has 3 heteroatoms. The zero-order valence-electron chi connectivity index (χ0n) is 11.9. The molecule has 1 fully saturated rings. The van der Waals surface area contributed by atoms with E-state index >= 15 is 0 Å². The molecule has 2 atom stereocenters. The van der Waals surface area contributed by atoms with Crippen molar-refractivity contribution in [1.82, 2.24) is 9.88 Å². The second kappa shape index (κ2) is 5.89. The van der Waals surface area contributed by atoms with Crippen molar-refractivity contribution in [2.24, 2.45) is 5.92 Å². The van der Waals surface area contributed by atoms with E-state index in [-0.39, 0.29) is 0 Å². The maximum Gasteiger partial charge on any atom is 0.0474 e. The van der Waals surface area contributed by atoms with Crippen molar-refractivity contribution in [3.05, 3.63) is 23.0 Å². The average molecular weight is 250 g/mol. The minimum atomic E-state index is 0.325. The summed E-state index contributed by atoms with van der Waals surface area (Å²) in [5.74, 6) is 0.458. The van der Waals surface area contributed by atoms with Crippen LogP contribution in [0.1, 0.15) is 43.1 Å². The van der Waals surface area contributed by atoms with Crippen molar-refractivity contribution >= 4 is 0 Å². The lowest BCUT2D eigenvalue weighted by atomic mass is 10.0. The Labute approximate surface area is 110 Å². The van der Waals surface area contributed by atoms with Crippen LogP contribution >= 0.6 is 0 Å². The summed E-state index contributed by atoms with van der Waals surface area (Å²) in [6, 6.07) is 2.79. The van der Waals surface area contributed by atoms with E-state index in [0.717, 1.165) is 13.1 Å². The van der Waals surface area contributed by atoms with Gasteiger partial charge in [-0.05, 0) is 51.2 Å². The lowest BCUT2D eigenvalue weighted by Crippen LogP contribution is -2.33. The summed E-state index contributed by atoms with van der Waals surface area (Å²) in [5.41, 5.74) is 4.12. The first-order valence-electron chi connectivity index (χ1n) is 7.17. The van der Waals surface area contributed by atoms with Gasteiger partial charge in [0.2, 0.25) is 0 Å². The molecule has 1 aromatic heterocycles. The Morgan fingerprint density at radius 2 is 2.17 bits per heavy atom. The maximum atomic E-state index is 9.33. The molecule has 2 unspecified atom stereocenters. The summed E-state index contributed by atoms with van der Waals surface area (Å²) < 4.78 is 2.36. The van der Waals surface area contributed by atoms with Crippen LogP contribution in [-0.4, -0.2) is 22.3 Å². The predicted molar refractivity (Wildman–Crippen MR) is 74.6 cm³/mol. The normalized spacial score (nSPS) is 23.8. The first-order valence-corrected chi connectivity index (χ1v) is 7.17. The highest BCUT2D eigenvalue weighted by molar-refractivity contribution is 5.26. The highest BCUT2D eigenvalue weighted by atomic mass is 16.3. The van der Waals surface area contributed by atoms with Gasteiger partial charge in [0.1, 0.15) is 0 Å². The van der Waals surface area contributed by atoms with Gasteiger partial charge < -0.3 is 15.0 Å². The fourth-order valence-electron chi connectivity index (χ4n) is 3.30. The molecule has 1 aromatic rings. The molecule has 0 amide bonds. The van der Waals surface area contributed by atoms with Crippen LogP contribution in [0.3, 0.4) is 0 Å². The van der Waals surface area contributed by atoms with E-state index in [0.29, 0.717) is 18.6 Å². The van der Waals surface area contributed by atoms with Gasteiger partial charge in [0.15, 0.2) is 0 Å². The number of hydrogen-bond donors (Lipinski definition) is 2. The molecule has 0 aromatic carbocycles. The molecule has 2 N–H and O–H groups in total. The van der Waals surface area contributed by atoms with E-state index in [2.05, 4.69) is 36.7 Å². The van der Waals surface area contributed by atoms with E-state index in [4.69, 9.17) is 0 Å². The second-order valence-corrected chi connectivity index (χ2v) is 5.50. The molecule has 1 saturated carbocycles. The Morgan fingerprint density at radius 3 is 2.78 bits per heavy atom. The van der Waals surface area contributed by atoms with Gasteiger partial charge in [-0.25, -0.2) is 0 Å². The molecule has 1 heterocycles. The topological polar surface area (TPSA) is 37.2 Å². The van der Waals surface area contributed by atoms with E-state index in [1.54, 1.807) is 0 Å². The van der Waals surface area contributed by atoms with Gasteiger partial charge in [-0.2, -0.15) is 0 Å². The molecule has 3 nitrogen and oxygen atoms in total. The fourth-order valence-corrected chi connectivity index (χ4v) is 3.30. The zero-order chi connectivity index (χ0) is 13.1. The van der Waals surface area contributed by atoms with Gasteiger partial charge in [-0.3, -0.25) is 0 Å². The van der Waals surface area contributed by atoms with Crippen LogP contribution in [0.5, 0.6) is 0 Å². The molecule has 0 radical (unpaired) electrons. The molecule has 0 aliphatic heterocycles. The average Bonchev–Trinajstić information content (AvgIpc) is 2.91. The lowest BCUT2D eigenvalue weighted by Gasteiger charge is -2.19. The summed E-state index contributed by atoms with van der Waals surface area (Å²) >= 11 is 0. The van der Waals surface area contributed by atoms with Gasteiger partial charge in [0.25, 0.3) is 0 Å². The van der Waals surface area contributed by atoms with Crippen molar-refractivity contribution in [2.45, 2.75) is 59.2 Å². The zero-order valence-corrected chi connectivity index (χ0v) is 11.9. The number of aryl methyl sites for hydroxylation is 1. The number of rotatable bonds is 5. The quantitative estimate of drug-likeness (QED) is 0.842. The summed E-state index contributed by atoms with van der Waals surface area (Å²) in [4.78, 5) is 0. The van der Waals surface area contributed by atoms with Crippen LogP contribution in [-0.2, 0) is 13.1 Å². The second-order valence-electron chi connectivity index (χ2n) is 5.50. The molecule has 1 aliphatic rings. The fraction of sp³-hybridized carbons (Fsp3) is 0.733. The number of aliphatic hydroxyl groups excluding tert-OH is 1. The van der Waals surface area contributed by atoms with E-state index in [1.807, 2.05) is 0 Å². The number of nitrogens with zero attached hydrogens (tertiary/aromatic N) is 1. The summed E-state index contributed by atoms with van der Waals surface area (Å²) in [5, 5.41) is 13.0. The first kappa shape index (κ1) is 13.6. The molecular weight excluding hydrogens is 224 g/mol. The minimum Gasteiger partial charge on any atom is -0.396 e. The van der Waals surface area contributed by atoms with E-state index in [1.165, 1.54) is 36.2 Å². The number of nitrogens with one attached hydrogen (secondary N) is 1. The van der Waals surface area contributed by atoms with Gasteiger partial charge in [0.05, 0.1) is 0 Å². The molecule has 102 valence electrons. The smallest absolute Gasteiger partial charge is 0.0474 e. The van der Waals surface area contributed by atoms with Gasteiger partial charge in [-0.15, -0.1) is 0 Å². The van der Waals surface area contributed by atoms with E-state index in [9.17, 15) is 5.11 Å². The van der Waals surface area contributed by atoms with Crippen LogP contribution in [0, 0.1) is 19.8 Å². The van der Waals surface area contributed by atoms with E-state index < -0.39 is 0 Å². The summed E-state index contributed by atoms with van der Waals surface area (Å²) in [7, 11) is 0. The van der Waals surface area contributed by atoms with Crippen LogP contribution in [0.15, 0.2) is 6.07 Å². The molecule has 2 rings (SSSR count). The van der Waals surface area contributed by atoms with Crippen LogP contribution in [0.4, 0.5) is 0 Å². The summed E-state index contributed by atoms with van der Waals surface area (Å²) in [6.45, 7) is 8.86. The number of aliphatic hydroxyl groups is 1. The van der Waals surface area contributed by atoms with Gasteiger partial charge in [-0.1, -0.05) is 6.42 Å². The molecule has 0 bridgehead atoms. The Balaban J connectivity index is 1.98. The van der Waals surface area contributed by atoms with Crippen molar-refractivity contribution < 1.29 is 5.11 Å². The Kier molecular flexibility index (Phi) is 4.46. The SMILES string of the molecule is CCn1c(C)cc(CNC2CCCC2CO)c1C. The molecule has 0 saturated heterocycles. The summed E-state index contributed by atoms with van der Waals surface area (Å²) in [6.07, 6.45) is 3.62. The van der Waals surface area contributed by atoms with Gasteiger partial charge in [0, 0.05) is 37.1 Å². The monoisotopic (exact) mass is 250 g/mol. The Hall–Kier alpha value is -0.800. The van der Waals surface area contributed by atoms with Gasteiger partial charge >= 0.3 is 0 Å². The van der Waals surface area contributed by atoms with Crippen LogP contribution in [0.2, 0.25) is 0 Å². The predicted octanol–water partition coefficient (Wildman–Crippen LogP) is 2.38. The molecule has 18 heavy (non-hydrogen) atoms. The molecule has 0 spiro atoms. The minimum absolute atomic E-state index is 0.325. The van der Waals surface area contributed by atoms with Crippen LogP contribution in [0.25, 0.3) is 0 Å². The third-order valence-electron chi connectivity index (χ3n) is 4.44. The molecule has 1 aliphatic carbocycles. The third-order valence-corrected chi connectivity index (χ3v) is 4.44. The lowest BCUT2D eigenvalue weighted by molar-refractivity contribution is 0.205. The number of hydrogen-bond acceptors (Lipinski definition) is 2. The standard InChI is InChI=1S/C15H26N2O/c1-4-17-11(2)8-14(12(17)3)9-16-15-7-5-6-13(15)10-18/h8,13,15-16,18H,4-7,9-10H2,1-3H3.